The van der Waals surface area contributed by atoms with Gasteiger partial charge in [0.2, 0.25) is 0 Å². The molecule has 2 heterocycles. The number of halogens is 1. The molecule has 0 amide bonds. The van der Waals surface area contributed by atoms with Gasteiger partial charge in [-0.25, -0.2) is 14.4 Å². The van der Waals surface area contributed by atoms with Gasteiger partial charge < -0.3 is 16.4 Å². The molecule has 26 heavy (non-hydrogen) atoms. The molecule has 0 spiro atoms. The van der Waals surface area contributed by atoms with Gasteiger partial charge in [-0.05, 0) is 43.7 Å². The Morgan fingerprint density at radius 3 is 2.69 bits per heavy atom. The molecule has 5 nitrogen and oxygen atoms in total. The lowest BCUT2D eigenvalue weighted by molar-refractivity contribution is 0.364. The van der Waals surface area contributed by atoms with Crippen molar-refractivity contribution in [3.8, 4) is 0 Å². The van der Waals surface area contributed by atoms with Crippen LogP contribution in [0.25, 0.3) is 10.2 Å². The summed E-state index contributed by atoms with van der Waals surface area (Å²) in [5.41, 5.74) is 8.44. The first kappa shape index (κ1) is 15.8. The molecule has 2 aliphatic rings. The van der Waals surface area contributed by atoms with Gasteiger partial charge in [0.05, 0.1) is 22.1 Å². The van der Waals surface area contributed by atoms with Crippen molar-refractivity contribution in [2.24, 2.45) is 0 Å². The zero-order valence-corrected chi connectivity index (χ0v) is 15.0. The van der Waals surface area contributed by atoms with E-state index in [1.165, 1.54) is 10.9 Å². The Morgan fingerprint density at radius 1 is 1.12 bits per heavy atom. The molecule has 7 heteroatoms. The lowest BCUT2D eigenvalue weighted by Crippen LogP contribution is -2.35. The Bertz CT molecular complexity index is 929. The molecular formula is C19H20FN5S. The monoisotopic (exact) mass is 369 g/mol. The second-order valence-corrected chi connectivity index (χ2v) is 8.23. The summed E-state index contributed by atoms with van der Waals surface area (Å²) < 4.78 is 15.7. The fourth-order valence-corrected chi connectivity index (χ4v) is 4.52. The Balaban J connectivity index is 1.31. The van der Waals surface area contributed by atoms with Crippen LogP contribution < -0.4 is 16.4 Å². The molecule has 0 unspecified atom stereocenters. The number of para-hydroxylation sites is 1. The summed E-state index contributed by atoms with van der Waals surface area (Å²) in [6.07, 6.45) is 5.21. The first-order valence-electron chi connectivity index (χ1n) is 9.00. The van der Waals surface area contributed by atoms with Crippen molar-refractivity contribution in [1.29, 1.82) is 0 Å². The van der Waals surface area contributed by atoms with Crippen LogP contribution in [-0.2, 0) is 0 Å². The van der Waals surface area contributed by atoms with Crippen LogP contribution in [-0.4, -0.2) is 22.1 Å². The first-order valence-corrected chi connectivity index (χ1v) is 9.81. The van der Waals surface area contributed by atoms with Crippen LogP contribution in [0.1, 0.15) is 37.2 Å². The minimum Gasteiger partial charge on any atom is -0.382 e. The molecule has 134 valence electrons. The van der Waals surface area contributed by atoms with E-state index in [0.717, 1.165) is 36.3 Å². The number of rotatable bonds is 5. The number of nitrogens with two attached hydrogens (primary N) is 1. The fourth-order valence-electron chi connectivity index (χ4n) is 3.58. The normalized spacial score (nSPS) is 22.2. The topological polar surface area (TPSA) is 75.9 Å². The lowest BCUT2D eigenvalue weighted by atomic mass is 9.75. The number of pyridine rings is 1. The maximum atomic E-state index is 14.5. The number of nitrogen functional groups attached to an aromatic ring is 1. The third kappa shape index (κ3) is 2.86. The van der Waals surface area contributed by atoms with E-state index < -0.39 is 0 Å². The van der Waals surface area contributed by atoms with Crippen molar-refractivity contribution in [2.75, 3.05) is 16.4 Å². The van der Waals surface area contributed by atoms with E-state index in [-0.39, 0.29) is 11.7 Å². The number of hydrogen-bond acceptors (Lipinski definition) is 6. The van der Waals surface area contributed by atoms with Crippen LogP contribution >= 0.6 is 11.3 Å². The van der Waals surface area contributed by atoms with E-state index in [2.05, 4.69) is 26.7 Å². The van der Waals surface area contributed by atoms with Crippen LogP contribution in [0.2, 0.25) is 0 Å². The summed E-state index contributed by atoms with van der Waals surface area (Å²) in [6.45, 7) is 0. The van der Waals surface area contributed by atoms with E-state index in [1.807, 2.05) is 18.2 Å². The average molecular weight is 369 g/mol. The van der Waals surface area contributed by atoms with Crippen molar-refractivity contribution in [1.82, 2.24) is 9.97 Å². The van der Waals surface area contributed by atoms with Crippen molar-refractivity contribution >= 4 is 38.2 Å². The highest BCUT2D eigenvalue weighted by molar-refractivity contribution is 7.22. The highest BCUT2D eigenvalue weighted by Gasteiger charge is 2.36. The van der Waals surface area contributed by atoms with Gasteiger partial charge in [0.1, 0.15) is 11.6 Å². The zero-order chi connectivity index (χ0) is 17.7. The largest absolute Gasteiger partial charge is 0.382 e. The molecule has 2 saturated carbocycles. The molecule has 2 fully saturated rings. The number of benzene rings is 1. The van der Waals surface area contributed by atoms with Crippen LogP contribution in [0.15, 0.2) is 30.5 Å². The highest BCUT2D eigenvalue weighted by atomic mass is 32.1. The van der Waals surface area contributed by atoms with Crippen molar-refractivity contribution in [3.63, 3.8) is 0 Å². The maximum Gasteiger partial charge on any atom is 0.184 e. The Hall–Kier alpha value is -2.41. The van der Waals surface area contributed by atoms with E-state index in [0.29, 0.717) is 29.2 Å². The van der Waals surface area contributed by atoms with E-state index in [4.69, 9.17) is 5.73 Å². The van der Waals surface area contributed by atoms with Gasteiger partial charge in [0.15, 0.2) is 5.13 Å². The fraction of sp³-hybridized carbons (Fsp3) is 0.368. The molecule has 1 aromatic carbocycles. The maximum absolute atomic E-state index is 14.5. The number of fused-ring (bicyclic) bond motifs is 1. The predicted octanol–water partition coefficient (Wildman–Crippen LogP) is 4.35. The Labute approximate surface area is 154 Å². The minimum absolute atomic E-state index is 0.161. The van der Waals surface area contributed by atoms with Crippen LogP contribution in [0, 0.1) is 5.82 Å². The second-order valence-electron chi connectivity index (χ2n) is 7.19. The molecule has 0 bridgehead atoms. The second kappa shape index (κ2) is 6.09. The Kier molecular flexibility index (Phi) is 3.70. The average Bonchev–Trinajstić information content (AvgIpc) is 3.32. The molecule has 5 rings (SSSR count). The molecule has 2 aromatic heterocycles. The summed E-state index contributed by atoms with van der Waals surface area (Å²) in [4.78, 5) is 8.61. The summed E-state index contributed by atoms with van der Waals surface area (Å²) >= 11 is 1.66. The quantitative estimate of drug-likeness (QED) is 0.623. The first-order chi connectivity index (χ1) is 12.7. The van der Waals surface area contributed by atoms with E-state index >= 15 is 0 Å². The van der Waals surface area contributed by atoms with Gasteiger partial charge in [-0.15, -0.1) is 0 Å². The van der Waals surface area contributed by atoms with Crippen molar-refractivity contribution in [3.05, 3.63) is 41.8 Å². The molecule has 4 N–H and O–H groups in total. The molecule has 0 saturated heterocycles. The SMILES string of the molecule is Nc1ncc(F)c(C2CC(Nc3nc4ccccc4s3)C2)c1NC1CC1. The number of anilines is 3. The summed E-state index contributed by atoms with van der Waals surface area (Å²) in [5, 5.41) is 7.79. The number of thiazole rings is 1. The third-order valence-corrected chi connectivity index (χ3v) is 6.16. The number of nitrogens with zero attached hydrogens (tertiary/aromatic N) is 2. The highest BCUT2D eigenvalue weighted by Crippen LogP contribution is 2.45. The number of hydrogen-bond donors (Lipinski definition) is 3. The van der Waals surface area contributed by atoms with Crippen LogP contribution in [0.3, 0.4) is 0 Å². The molecule has 0 radical (unpaired) electrons. The molecule has 3 aromatic rings. The molecule has 0 atom stereocenters. The minimum atomic E-state index is -0.259. The van der Waals surface area contributed by atoms with Crippen molar-refractivity contribution < 1.29 is 4.39 Å². The van der Waals surface area contributed by atoms with Crippen molar-refractivity contribution in [2.45, 2.75) is 43.7 Å². The zero-order valence-electron chi connectivity index (χ0n) is 14.2. The third-order valence-electron chi connectivity index (χ3n) is 5.19. The van der Waals surface area contributed by atoms with E-state index in [1.54, 1.807) is 11.3 Å². The summed E-state index contributed by atoms with van der Waals surface area (Å²) in [6, 6.07) is 8.84. The molecule has 0 aliphatic heterocycles. The molecule has 2 aliphatic carbocycles. The van der Waals surface area contributed by atoms with Gasteiger partial charge in [-0.1, -0.05) is 23.5 Å². The smallest absolute Gasteiger partial charge is 0.184 e. The number of aromatic nitrogens is 2. The van der Waals surface area contributed by atoms with Gasteiger partial charge in [0, 0.05) is 17.6 Å². The Morgan fingerprint density at radius 2 is 1.92 bits per heavy atom. The number of nitrogens with one attached hydrogen (secondary N) is 2. The summed E-state index contributed by atoms with van der Waals surface area (Å²) in [7, 11) is 0. The van der Waals surface area contributed by atoms with Gasteiger partial charge in [0.25, 0.3) is 0 Å². The van der Waals surface area contributed by atoms with E-state index in [9.17, 15) is 4.39 Å². The predicted molar refractivity (Wildman–Crippen MR) is 104 cm³/mol. The van der Waals surface area contributed by atoms with Gasteiger partial charge in [-0.3, -0.25) is 0 Å². The van der Waals surface area contributed by atoms with Crippen LogP contribution in [0.4, 0.5) is 21.0 Å². The van der Waals surface area contributed by atoms with Gasteiger partial charge >= 0.3 is 0 Å². The standard InChI is InChI=1S/C19H20FN5S/c20-13-9-22-18(21)17(23-11-5-6-11)16(13)10-7-12(8-10)24-19-25-14-3-1-2-4-15(14)26-19/h1-4,9-12,23H,5-8H2,(H2,21,22)(H,24,25). The lowest BCUT2D eigenvalue weighted by Gasteiger charge is -2.37. The van der Waals surface area contributed by atoms with Gasteiger partial charge in [-0.2, -0.15) is 0 Å². The molecular weight excluding hydrogens is 349 g/mol. The summed E-state index contributed by atoms with van der Waals surface area (Å²) in [5.74, 6) is 0.301. The van der Waals surface area contributed by atoms with Crippen LogP contribution in [0.5, 0.6) is 0 Å².